The van der Waals surface area contributed by atoms with Gasteiger partial charge in [0.1, 0.15) is 0 Å². The molecule has 2 rings (SSSR count). The second kappa shape index (κ2) is 7.48. The maximum Gasteiger partial charge on any atom is 0.0594 e. The van der Waals surface area contributed by atoms with E-state index in [9.17, 15) is 0 Å². The van der Waals surface area contributed by atoms with Gasteiger partial charge in [-0.15, -0.1) is 0 Å². The maximum absolute atomic E-state index is 5.57. The molecule has 0 saturated carbocycles. The Bertz CT molecular complexity index is 333. The van der Waals surface area contributed by atoms with Gasteiger partial charge in [-0.1, -0.05) is 24.3 Å². The fourth-order valence-electron chi connectivity index (χ4n) is 2.09. The molecule has 3 N–H and O–H groups in total. The summed E-state index contributed by atoms with van der Waals surface area (Å²) in [6, 6.07) is 8.48. The van der Waals surface area contributed by atoms with Gasteiger partial charge in [-0.25, -0.2) is 0 Å². The molecule has 18 heavy (non-hydrogen) atoms. The first-order valence-corrected chi connectivity index (χ1v) is 6.67. The molecular formula is C14H23N3O. The van der Waals surface area contributed by atoms with Gasteiger partial charge < -0.3 is 15.8 Å². The fraction of sp³-hybridized carbons (Fsp3) is 0.571. The molecule has 0 atom stereocenters. The Hall–Kier alpha value is -0.940. The molecule has 4 heteroatoms. The number of hydrogen-bond acceptors (Lipinski definition) is 4. The van der Waals surface area contributed by atoms with E-state index in [0.29, 0.717) is 6.54 Å². The van der Waals surface area contributed by atoms with Crippen LogP contribution in [0, 0.1) is 0 Å². The van der Waals surface area contributed by atoms with Crippen molar-refractivity contribution in [3.8, 4) is 0 Å². The first-order chi connectivity index (χ1) is 8.88. The van der Waals surface area contributed by atoms with Crippen molar-refractivity contribution in [2.45, 2.75) is 13.1 Å². The van der Waals surface area contributed by atoms with E-state index in [2.05, 4.69) is 34.5 Å². The van der Waals surface area contributed by atoms with Crippen molar-refractivity contribution < 1.29 is 4.74 Å². The number of nitrogens with one attached hydrogen (secondary N) is 1. The molecule has 1 aromatic carbocycles. The number of rotatable bonds is 6. The highest BCUT2D eigenvalue weighted by Crippen LogP contribution is 2.03. The zero-order valence-corrected chi connectivity index (χ0v) is 10.9. The number of benzene rings is 1. The molecule has 0 aliphatic carbocycles. The van der Waals surface area contributed by atoms with Crippen LogP contribution in [0.1, 0.15) is 11.1 Å². The predicted octanol–water partition coefficient (Wildman–Crippen LogP) is 0.567. The largest absolute Gasteiger partial charge is 0.379 e. The second-order valence-corrected chi connectivity index (χ2v) is 4.65. The molecule has 0 amide bonds. The summed E-state index contributed by atoms with van der Waals surface area (Å²) in [5, 5.41) is 3.47. The van der Waals surface area contributed by atoms with Gasteiger partial charge in [0.05, 0.1) is 13.2 Å². The quantitative estimate of drug-likeness (QED) is 0.724. The molecular weight excluding hydrogens is 226 g/mol. The third-order valence-electron chi connectivity index (χ3n) is 3.30. The molecule has 1 fully saturated rings. The maximum atomic E-state index is 5.57. The number of nitrogens with two attached hydrogens (primary N) is 1. The number of nitrogens with zero attached hydrogens (tertiary/aromatic N) is 1. The topological polar surface area (TPSA) is 50.5 Å². The Morgan fingerprint density at radius 3 is 2.44 bits per heavy atom. The second-order valence-electron chi connectivity index (χ2n) is 4.65. The van der Waals surface area contributed by atoms with Crippen LogP contribution in [0.2, 0.25) is 0 Å². The van der Waals surface area contributed by atoms with Gasteiger partial charge in [-0.2, -0.15) is 0 Å². The lowest BCUT2D eigenvalue weighted by molar-refractivity contribution is 0.0384. The monoisotopic (exact) mass is 249 g/mol. The fourth-order valence-corrected chi connectivity index (χ4v) is 2.09. The van der Waals surface area contributed by atoms with Gasteiger partial charge in [-0.05, 0) is 11.1 Å². The zero-order chi connectivity index (χ0) is 12.6. The minimum Gasteiger partial charge on any atom is -0.379 e. The summed E-state index contributed by atoms with van der Waals surface area (Å²) in [6.45, 7) is 7.55. The van der Waals surface area contributed by atoms with Gasteiger partial charge in [0.15, 0.2) is 0 Å². The lowest BCUT2D eigenvalue weighted by atomic mass is 10.1. The van der Waals surface area contributed by atoms with E-state index >= 15 is 0 Å². The molecule has 0 spiro atoms. The highest BCUT2D eigenvalue weighted by atomic mass is 16.5. The summed E-state index contributed by atoms with van der Waals surface area (Å²) in [6.07, 6.45) is 0. The Labute approximate surface area is 109 Å². The van der Waals surface area contributed by atoms with Crippen molar-refractivity contribution in [3.63, 3.8) is 0 Å². The van der Waals surface area contributed by atoms with Crippen LogP contribution in [-0.4, -0.2) is 44.3 Å². The normalized spacial score (nSPS) is 16.9. The third kappa shape index (κ3) is 4.38. The number of ether oxygens (including phenoxy) is 1. The van der Waals surface area contributed by atoms with Gasteiger partial charge in [-0.3, -0.25) is 4.90 Å². The smallest absolute Gasteiger partial charge is 0.0594 e. The number of hydrogen-bond donors (Lipinski definition) is 2. The van der Waals surface area contributed by atoms with Crippen LogP contribution in [0.4, 0.5) is 0 Å². The molecule has 0 radical (unpaired) electrons. The van der Waals surface area contributed by atoms with E-state index in [0.717, 1.165) is 45.9 Å². The average Bonchev–Trinajstić information content (AvgIpc) is 2.45. The van der Waals surface area contributed by atoms with Crippen molar-refractivity contribution in [3.05, 3.63) is 35.4 Å². The van der Waals surface area contributed by atoms with Gasteiger partial charge >= 0.3 is 0 Å². The lowest BCUT2D eigenvalue weighted by Crippen LogP contribution is -2.40. The van der Waals surface area contributed by atoms with Gasteiger partial charge in [0, 0.05) is 39.3 Å². The van der Waals surface area contributed by atoms with E-state index in [-0.39, 0.29) is 0 Å². The Kier molecular flexibility index (Phi) is 5.61. The Balaban J connectivity index is 1.62. The van der Waals surface area contributed by atoms with E-state index in [1.165, 1.54) is 11.1 Å². The van der Waals surface area contributed by atoms with Gasteiger partial charge in [0.25, 0.3) is 0 Å². The van der Waals surface area contributed by atoms with Crippen molar-refractivity contribution in [1.29, 1.82) is 0 Å². The summed E-state index contributed by atoms with van der Waals surface area (Å²) >= 11 is 0. The number of morpholine rings is 1. The molecule has 1 saturated heterocycles. The van der Waals surface area contributed by atoms with Crippen LogP contribution in [0.25, 0.3) is 0 Å². The predicted molar refractivity (Wildman–Crippen MR) is 73.3 cm³/mol. The first-order valence-electron chi connectivity index (χ1n) is 6.67. The van der Waals surface area contributed by atoms with E-state index in [4.69, 9.17) is 10.5 Å². The van der Waals surface area contributed by atoms with Crippen molar-refractivity contribution in [2.24, 2.45) is 5.73 Å². The molecule has 1 aliphatic heterocycles. The molecule has 100 valence electrons. The van der Waals surface area contributed by atoms with Crippen LogP contribution < -0.4 is 11.1 Å². The molecule has 4 nitrogen and oxygen atoms in total. The van der Waals surface area contributed by atoms with Gasteiger partial charge in [0.2, 0.25) is 0 Å². The Morgan fingerprint density at radius 2 is 1.78 bits per heavy atom. The van der Waals surface area contributed by atoms with Crippen LogP contribution in [-0.2, 0) is 17.8 Å². The standard InChI is InChI=1S/C14H23N3O/c15-11-13-1-3-14(4-2-13)12-16-5-6-17-7-9-18-10-8-17/h1-4,16H,5-12,15H2. The van der Waals surface area contributed by atoms with Crippen molar-refractivity contribution >= 4 is 0 Å². The highest BCUT2D eigenvalue weighted by molar-refractivity contribution is 5.22. The van der Waals surface area contributed by atoms with E-state index in [1.54, 1.807) is 0 Å². The summed E-state index contributed by atoms with van der Waals surface area (Å²) in [7, 11) is 0. The molecule has 1 heterocycles. The first kappa shape index (κ1) is 13.5. The summed E-state index contributed by atoms with van der Waals surface area (Å²) in [5.41, 5.74) is 8.07. The summed E-state index contributed by atoms with van der Waals surface area (Å²) < 4.78 is 5.32. The summed E-state index contributed by atoms with van der Waals surface area (Å²) in [5.74, 6) is 0. The highest BCUT2D eigenvalue weighted by Gasteiger charge is 2.08. The lowest BCUT2D eigenvalue weighted by Gasteiger charge is -2.26. The zero-order valence-electron chi connectivity index (χ0n) is 10.9. The van der Waals surface area contributed by atoms with Crippen molar-refractivity contribution in [1.82, 2.24) is 10.2 Å². The molecule has 0 aromatic heterocycles. The minimum absolute atomic E-state index is 0.616. The average molecular weight is 249 g/mol. The third-order valence-corrected chi connectivity index (χ3v) is 3.30. The minimum atomic E-state index is 0.616. The van der Waals surface area contributed by atoms with Crippen LogP contribution >= 0.6 is 0 Å². The summed E-state index contributed by atoms with van der Waals surface area (Å²) in [4.78, 5) is 2.44. The Morgan fingerprint density at radius 1 is 1.11 bits per heavy atom. The molecule has 1 aliphatic rings. The molecule has 0 bridgehead atoms. The molecule has 0 unspecified atom stereocenters. The van der Waals surface area contributed by atoms with Crippen LogP contribution in [0.3, 0.4) is 0 Å². The van der Waals surface area contributed by atoms with E-state index in [1.807, 2.05) is 0 Å². The molecule has 1 aromatic rings. The van der Waals surface area contributed by atoms with Crippen molar-refractivity contribution in [2.75, 3.05) is 39.4 Å². The van der Waals surface area contributed by atoms with Crippen LogP contribution in [0.5, 0.6) is 0 Å². The SMILES string of the molecule is NCc1ccc(CNCCN2CCOCC2)cc1. The van der Waals surface area contributed by atoms with E-state index < -0.39 is 0 Å². The van der Waals surface area contributed by atoms with Crippen LogP contribution in [0.15, 0.2) is 24.3 Å².